The Hall–Kier alpha value is -1.95. The van der Waals surface area contributed by atoms with Crippen LogP contribution in [0.1, 0.15) is 53.6 Å². The lowest BCUT2D eigenvalue weighted by molar-refractivity contribution is 0.0945. The number of hydrogen-bond acceptors (Lipinski definition) is 4. The van der Waals surface area contributed by atoms with Crippen LogP contribution in [0.25, 0.3) is 0 Å². The highest BCUT2D eigenvalue weighted by atomic mass is 16.2. The smallest absolute Gasteiger partial charge is 0.261 e. The monoisotopic (exact) mass is 319 g/mol. The first-order chi connectivity index (χ1) is 10.8. The molecule has 1 aliphatic heterocycles. The largest absolute Gasteiger partial charge is 0.352 e. The minimum atomic E-state index is -0.458. The lowest BCUT2D eigenvalue weighted by Gasteiger charge is -2.20. The summed E-state index contributed by atoms with van der Waals surface area (Å²) in [5, 5.41) is 2.83. The average Bonchev–Trinajstić information content (AvgIpc) is 2.93. The standard InChI is InChI=1S/C17H25N3O3/c1-10(2)20-6-5-13(9-20)8-18-16(22)15-7-14(12(4)21)11(3)19-17(15)23/h7,10,13H,5-6,8-9H2,1-4H3,(H,18,22)(H,19,23)/t13-/m1/s1. The summed E-state index contributed by atoms with van der Waals surface area (Å²) in [5.74, 6) is -0.189. The van der Waals surface area contributed by atoms with Crippen molar-refractivity contribution < 1.29 is 9.59 Å². The molecule has 1 atom stereocenters. The summed E-state index contributed by atoms with van der Waals surface area (Å²) in [7, 11) is 0. The Morgan fingerprint density at radius 2 is 2.09 bits per heavy atom. The molecule has 6 nitrogen and oxygen atoms in total. The maximum Gasteiger partial charge on any atom is 0.261 e. The molecule has 0 aliphatic carbocycles. The van der Waals surface area contributed by atoms with Gasteiger partial charge in [-0.05, 0) is 52.6 Å². The predicted molar refractivity (Wildman–Crippen MR) is 89.0 cm³/mol. The van der Waals surface area contributed by atoms with Crippen molar-refractivity contribution >= 4 is 11.7 Å². The van der Waals surface area contributed by atoms with E-state index in [2.05, 4.69) is 29.0 Å². The van der Waals surface area contributed by atoms with Crippen LogP contribution in [0, 0.1) is 12.8 Å². The number of nitrogens with zero attached hydrogens (tertiary/aromatic N) is 1. The Morgan fingerprint density at radius 3 is 2.65 bits per heavy atom. The molecule has 0 saturated carbocycles. The number of aromatic amines is 1. The van der Waals surface area contributed by atoms with E-state index in [1.54, 1.807) is 6.92 Å². The lowest BCUT2D eigenvalue weighted by atomic mass is 10.1. The van der Waals surface area contributed by atoms with Crippen LogP contribution in [-0.2, 0) is 0 Å². The minimum Gasteiger partial charge on any atom is -0.352 e. The van der Waals surface area contributed by atoms with Gasteiger partial charge in [-0.2, -0.15) is 0 Å². The number of nitrogens with one attached hydrogen (secondary N) is 2. The molecule has 0 radical (unpaired) electrons. The van der Waals surface area contributed by atoms with E-state index in [0.717, 1.165) is 19.5 Å². The quantitative estimate of drug-likeness (QED) is 0.803. The van der Waals surface area contributed by atoms with Crippen molar-refractivity contribution in [3.05, 3.63) is 33.2 Å². The molecule has 1 aromatic rings. The first kappa shape index (κ1) is 17.4. The molecule has 0 bridgehead atoms. The van der Waals surface area contributed by atoms with Gasteiger partial charge in [-0.3, -0.25) is 14.4 Å². The van der Waals surface area contributed by atoms with Gasteiger partial charge in [0.1, 0.15) is 5.56 Å². The van der Waals surface area contributed by atoms with E-state index < -0.39 is 11.5 Å². The van der Waals surface area contributed by atoms with Crippen LogP contribution >= 0.6 is 0 Å². The first-order valence-electron chi connectivity index (χ1n) is 8.06. The number of rotatable bonds is 5. The summed E-state index contributed by atoms with van der Waals surface area (Å²) in [5.41, 5.74) is 0.406. The van der Waals surface area contributed by atoms with Crippen LogP contribution in [0.2, 0.25) is 0 Å². The van der Waals surface area contributed by atoms with Crippen molar-refractivity contribution in [1.82, 2.24) is 15.2 Å². The maximum absolute atomic E-state index is 12.3. The zero-order valence-corrected chi connectivity index (χ0v) is 14.2. The zero-order chi connectivity index (χ0) is 17.1. The minimum absolute atomic E-state index is 0.000451. The highest BCUT2D eigenvalue weighted by Gasteiger charge is 2.25. The van der Waals surface area contributed by atoms with E-state index in [1.165, 1.54) is 13.0 Å². The number of carbonyl (C=O) groups is 2. The number of Topliss-reactive ketones (excluding diaryl/α,β-unsaturated/α-hetero) is 1. The van der Waals surface area contributed by atoms with Gasteiger partial charge in [0.2, 0.25) is 0 Å². The molecule has 1 amide bonds. The van der Waals surface area contributed by atoms with Gasteiger partial charge in [0.25, 0.3) is 11.5 Å². The molecule has 6 heteroatoms. The fraction of sp³-hybridized carbons (Fsp3) is 0.588. The Morgan fingerprint density at radius 1 is 1.39 bits per heavy atom. The molecule has 1 aromatic heterocycles. The SMILES string of the molecule is CC(=O)c1cc(C(=O)NC[C@H]2CCN(C(C)C)C2)c(=O)[nH]c1C. The van der Waals surface area contributed by atoms with E-state index in [1.807, 2.05) is 0 Å². The zero-order valence-electron chi connectivity index (χ0n) is 14.2. The summed E-state index contributed by atoms with van der Waals surface area (Å²) in [6.45, 7) is 9.94. The van der Waals surface area contributed by atoms with Gasteiger partial charge < -0.3 is 15.2 Å². The fourth-order valence-corrected chi connectivity index (χ4v) is 2.99. The Bertz CT molecular complexity index is 664. The number of ketones is 1. The average molecular weight is 319 g/mol. The Labute approximate surface area is 136 Å². The molecule has 0 aromatic carbocycles. The molecule has 2 rings (SSSR count). The second kappa shape index (κ2) is 7.08. The number of likely N-dealkylation sites (tertiary alicyclic amines) is 1. The van der Waals surface area contributed by atoms with Gasteiger partial charge in [-0.15, -0.1) is 0 Å². The summed E-state index contributed by atoms with van der Waals surface area (Å²) >= 11 is 0. The molecular weight excluding hydrogens is 294 g/mol. The Balaban J connectivity index is 2.03. The molecule has 1 fully saturated rings. The highest BCUT2D eigenvalue weighted by Crippen LogP contribution is 2.17. The predicted octanol–water partition coefficient (Wildman–Crippen LogP) is 1.35. The second-order valence-electron chi connectivity index (χ2n) is 6.56. The fourth-order valence-electron chi connectivity index (χ4n) is 2.99. The molecule has 1 aliphatic rings. The van der Waals surface area contributed by atoms with Crippen molar-refractivity contribution in [2.45, 2.75) is 40.2 Å². The highest BCUT2D eigenvalue weighted by molar-refractivity contribution is 5.99. The van der Waals surface area contributed by atoms with Crippen LogP contribution in [-0.4, -0.2) is 47.3 Å². The van der Waals surface area contributed by atoms with E-state index >= 15 is 0 Å². The second-order valence-corrected chi connectivity index (χ2v) is 6.56. The van der Waals surface area contributed by atoms with Gasteiger partial charge in [-0.1, -0.05) is 0 Å². The summed E-state index contributed by atoms with van der Waals surface area (Å²) in [6.07, 6.45) is 1.04. The number of pyridine rings is 1. The topological polar surface area (TPSA) is 82.3 Å². The van der Waals surface area contributed by atoms with Gasteiger partial charge in [0, 0.05) is 30.4 Å². The van der Waals surface area contributed by atoms with Crippen LogP contribution < -0.4 is 10.9 Å². The Kier molecular flexibility index (Phi) is 5.36. The summed E-state index contributed by atoms with van der Waals surface area (Å²) in [4.78, 5) is 40.7. The number of hydrogen-bond donors (Lipinski definition) is 2. The first-order valence-corrected chi connectivity index (χ1v) is 8.06. The van der Waals surface area contributed by atoms with Crippen LogP contribution in [0.4, 0.5) is 0 Å². The number of H-pyrrole nitrogens is 1. The number of carbonyl (C=O) groups excluding carboxylic acids is 2. The third-order valence-electron chi connectivity index (χ3n) is 4.46. The number of amides is 1. The van der Waals surface area contributed by atoms with Crippen molar-refractivity contribution in [2.75, 3.05) is 19.6 Å². The van der Waals surface area contributed by atoms with Gasteiger partial charge in [-0.25, -0.2) is 0 Å². The number of aromatic nitrogens is 1. The van der Waals surface area contributed by atoms with Crippen molar-refractivity contribution in [3.63, 3.8) is 0 Å². The van der Waals surface area contributed by atoms with Gasteiger partial charge in [0.15, 0.2) is 5.78 Å². The van der Waals surface area contributed by atoms with Gasteiger partial charge in [0.05, 0.1) is 0 Å². The van der Waals surface area contributed by atoms with Crippen molar-refractivity contribution in [2.24, 2.45) is 5.92 Å². The maximum atomic E-state index is 12.3. The molecule has 23 heavy (non-hydrogen) atoms. The lowest BCUT2D eigenvalue weighted by Crippen LogP contribution is -2.35. The van der Waals surface area contributed by atoms with E-state index in [4.69, 9.17) is 0 Å². The molecule has 0 unspecified atom stereocenters. The van der Waals surface area contributed by atoms with E-state index in [9.17, 15) is 14.4 Å². The van der Waals surface area contributed by atoms with Crippen molar-refractivity contribution in [3.8, 4) is 0 Å². The van der Waals surface area contributed by atoms with Crippen LogP contribution in [0.3, 0.4) is 0 Å². The molecule has 0 spiro atoms. The third kappa shape index (κ3) is 4.07. The van der Waals surface area contributed by atoms with Crippen molar-refractivity contribution in [1.29, 1.82) is 0 Å². The molecule has 126 valence electrons. The molecular formula is C17H25N3O3. The summed E-state index contributed by atoms with van der Waals surface area (Å²) in [6, 6.07) is 1.90. The number of aryl methyl sites for hydroxylation is 1. The van der Waals surface area contributed by atoms with Crippen LogP contribution in [0.15, 0.2) is 10.9 Å². The third-order valence-corrected chi connectivity index (χ3v) is 4.46. The van der Waals surface area contributed by atoms with Gasteiger partial charge >= 0.3 is 0 Å². The van der Waals surface area contributed by atoms with Crippen LogP contribution in [0.5, 0.6) is 0 Å². The van der Waals surface area contributed by atoms with E-state index in [-0.39, 0.29) is 11.3 Å². The normalized spacial score (nSPS) is 18.4. The molecule has 2 N–H and O–H groups in total. The molecule has 1 saturated heterocycles. The molecule has 2 heterocycles. The summed E-state index contributed by atoms with van der Waals surface area (Å²) < 4.78 is 0. The van der Waals surface area contributed by atoms with E-state index in [0.29, 0.717) is 29.8 Å².